The molecule has 9 nitrogen and oxygen atoms in total. The first kappa shape index (κ1) is 34.1. The van der Waals surface area contributed by atoms with Gasteiger partial charge in [0.2, 0.25) is 5.91 Å². The van der Waals surface area contributed by atoms with E-state index in [1.165, 1.54) is 6.08 Å². The lowest BCUT2D eigenvalue weighted by molar-refractivity contribution is -0.111. The van der Waals surface area contributed by atoms with Crippen molar-refractivity contribution in [3.63, 3.8) is 0 Å². The number of aromatic hydroxyl groups is 1. The number of carbonyl (C=O) groups excluding carboxylic acids is 1. The van der Waals surface area contributed by atoms with Gasteiger partial charge in [0.05, 0.1) is 19.4 Å². The minimum absolute atomic E-state index is 0. The van der Waals surface area contributed by atoms with Crippen LogP contribution in [-0.4, -0.2) is 36.3 Å². The molecule has 0 aliphatic carbocycles. The zero-order chi connectivity index (χ0) is 31.1. The smallest absolute Gasteiger partial charge is 0.248 e. The number of benzene rings is 3. The SMILES string of the molecule is COc1cc(NC(=O)C=Cc2ccc(N=C(N)N)cc2)ccc1OCCCCC1(C)CCc2c(C)c(O)c(C)c(C)c2O1.Cl. The number of hydrogen-bond acceptors (Lipinski definition) is 6. The van der Waals surface area contributed by atoms with Crippen LogP contribution in [-0.2, 0) is 11.2 Å². The Kier molecular flexibility index (Phi) is 11.5. The molecule has 0 saturated carbocycles. The normalized spacial score (nSPS) is 15.5. The summed E-state index contributed by atoms with van der Waals surface area (Å²) >= 11 is 0. The number of nitrogens with zero attached hydrogens (tertiary/aromatic N) is 1. The van der Waals surface area contributed by atoms with E-state index in [9.17, 15) is 9.90 Å². The Hall–Kier alpha value is -4.37. The van der Waals surface area contributed by atoms with E-state index in [0.29, 0.717) is 35.2 Å². The third kappa shape index (κ3) is 8.38. The fourth-order valence-electron chi connectivity index (χ4n) is 5.28. The average molecular weight is 623 g/mol. The maximum atomic E-state index is 12.5. The van der Waals surface area contributed by atoms with Gasteiger partial charge in [-0.15, -0.1) is 12.4 Å². The van der Waals surface area contributed by atoms with E-state index in [1.54, 1.807) is 43.5 Å². The first-order chi connectivity index (χ1) is 20.5. The van der Waals surface area contributed by atoms with Crippen molar-refractivity contribution >= 4 is 41.7 Å². The fraction of sp³-hybridized carbons (Fsp3) is 0.353. The molecular weight excluding hydrogens is 580 g/mol. The molecule has 0 bridgehead atoms. The van der Waals surface area contributed by atoms with Crippen molar-refractivity contribution in [3.8, 4) is 23.0 Å². The lowest BCUT2D eigenvalue weighted by Crippen LogP contribution is -2.37. The molecule has 44 heavy (non-hydrogen) atoms. The summed E-state index contributed by atoms with van der Waals surface area (Å²) < 4.78 is 18.1. The summed E-state index contributed by atoms with van der Waals surface area (Å²) in [4.78, 5) is 16.4. The highest BCUT2D eigenvalue weighted by Crippen LogP contribution is 2.44. The Labute approximate surface area is 265 Å². The molecule has 3 aromatic rings. The maximum absolute atomic E-state index is 12.5. The number of amides is 1. The average Bonchev–Trinajstić information content (AvgIpc) is 2.98. The van der Waals surface area contributed by atoms with Gasteiger partial charge in [-0.1, -0.05) is 12.1 Å². The Morgan fingerprint density at radius 3 is 2.48 bits per heavy atom. The van der Waals surface area contributed by atoms with Crippen LogP contribution in [0.15, 0.2) is 53.5 Å². The van der Waals surface area contributed by atoms with E-state index in [0.717, 1.165) is 65.7 Å². The van der Waals surface area contributed by atoms with Crippen molar-refractivity contribution in [1.29, 1.82) is 0 Å². The Morgan fingerprint density at radius 2 is 1.80 bits per heavy atom. The van der Waals surface area contributed by atoms with Crippen LogP contribution in [0.4, 0.5) is 11.4 Å². The number of aliphatic imine (C=N–C) groups is 1. The zero-order valence-corrected chi connectivity index (χ0v) is 26.8. The van der Waals surface area contributed by atoms with Crippen molar-refractivity contribution in [1.82, 2.24) is 0 Å². The predicted molar refractivity (Wildman–Crippen MR) is 179 cm³/mol. The van der Waals surface area contributed by atoms with Crippen molar-refractivity contribution < 1.29 is 24.1 Å². The monoisotopic (exact) mass is 622 g/mol. The van der Waals surface area contributed by atoms with E-state index >= 15 is 0 Å². The standard InChI is InChI=1S/C34H42N4O5.ClH/c1-21-22(2)32-27(23(3)31(21)40)16-18-34(4,43-32)17-6-7-19-42-28-14-13-26(20-29(28)41-5)37-30(39)15-10-24-8-11-25(12-9-24)38-33(35)36;/h8-15,20,40H,6-7,16-19H2,1-5H3,(H,37,39)(H4,35,36,38);1H. The highest BCUT2D eigenvalue weighted by Gasteiger charge is 2.34. The van der Waals surface area contributed by atoms with Crippen LogP contribution in [0.3, 0.4) is 0 Å². The van der Waals surface area contributed by atoms with Crippen LogP contribution in [0, 0.1) is 20.8 Å². The summed E-state index contributed by atoms with van der Waals surface area (Å²) in [5, 5.41) is 13.3. The molecule has 1 atom stereocenters. The molecule has 4 rings (SSSR count). The number of unbranched alkanes of at least 4 members (excludes halogenated alkanes) is 1. The molecule has 1 unspecified atom stereocenters. The number of carbonyl (C=O) groups is 1. The number of halogens is 1. The number of nitrogens with two attached hydrogens (primary N) is 2. The molecule has 0 fully saturated rings. The molecule has 3 aromatic carbocycles. The molecule has 6 N–H and O–H groups in total. The van der Waals surface area contributed by atoms with Crippen molar-refractivity contribution in [2.45, 2.75) is 65.4 Å². The van der Waals surface area contributed by atoms with E-state index in [-0.39, 0.29) is 29.9 Å². The second kappa shape index (κ2) is 14.9. The molecule has 0 spiro atoms. The summed E-state index contributed by atoms with van der Waals surface area (Å²) in [5.41, 5.74) is 16.6. The molecule has 1 aliphatic heterocycles. The zero-order valence-electron chi connectivity index (χ0n) is 26.0. The Balaban J connectivity index is 0.00000529. The number of rotatable bonds is 11. The minimum Gasteiger partial charge on any atom is -0.507 e. The highest BCUT2D eigenvalue weighted by molar-refractivity contribution is 6.02. The molecule has 236 valence electrons. The summed E-state index contributed by atoms with van der Waals surface area (Å²) in [7, 11) is 1.57. The van der Waals surface area contributed by atoms with Gasteiger partial charge in [0, 0.05) is 23.4 Å². The van der Waals surface area contributed by atoms with Gasteiger partial charge in [-0.3, -0.25) is 4.79 Å². The van der Waals surface area contributed by atoms with Crippen molar-refractivity contribution in [2.75, 3.05) is 19.0 Å². The third-order valence-electron chi connectivity index (χ3n) is 7.96. The molecular formula is C34H43ClN4O5. The van der Waals surface area contributed by atoms with Gasteiger partial charge in [-0.25, -0.2) is 4.99 Å². The van der Waals surface area contributed by atoms with E-state index in [1.807, 2.05) is 32.9 Å². The number of guanidine groups is 1. The van der Waals surface area contributed by atoms with Gasteiger partial charge in [0.1, 0.15) is 17.1 Å². The molecule has 1 aliphatic rings. The molecule has 0 saturated heterocycles. The Bertz CT molecular complexity index is 1530. The van der Waals surface area contributed by atoms with Crippen molar-refractivity contribution in [2.24, 2.45) is 16.5 Å². The summed E-state index contributed by atoms with van der Waals surface area (Å²) in [5.74, 6) is 2.19. The first-order valence-corrected chi connectivity index (χ1v) is 14.5. The number of phenolic OH excluding ortho intramolecular Hbond substituents is 1. The van der Waals surface area contributed by atoms with Crippen LogP contribution in [0.5, 0.6) is 23.0 Å². The third-order valence-corrected chi connectivity index (χ3v) is 7.96. The second-order valence-electron chi connectivity index (χ2n) is 11.2. The molecule has 1 amide bonds. The summed E-state index contributed by atoms with van der Waals surface area (Å²) in [6.45, 7) is 8.63. The molecule has 10 heteroatoms. The van der Waals surface area contributed by atoms with Gasteiger partial charge in [-0.05, 0) is 112 Å². The largest absolute Gasteiger partial charge is 0.507 e. The second-order valence-corrected chi connectivity index (χ2v) is 11.2. The summed E-state index contributed by atoms with van der Waals surface area (Å²) in [6, 6.07) is 12.5. The lowest BCUT2D eigenvalue weighted by Gasteiger charge is -2.38. The number of fused-ring (bicyclic) bond motifs is 1. The van der Waals surface area contributed by atoms with Gasteiger partial charge >= 0.3 is 0 Å². The number of anilines is 1. The fourth-order valence-corrected chi connectivity index (χ4v) is 5.28. The Morgan fingerprint density at radius 1 is 1.07 bits per heavy atom. The highest BCUT2D eigenvalue weighted by atomic mass is 35.5. The van der Waals surface area contributed by atoms with Crippen LogP contribution in [0.2, 0.25) is 0 Å². The lowest BCUT2D eigenvalue weighted by atomic mass is 9.85. The van der Waals surface area contributed by atoms with Crippen LogP contribution < -0.4 is 31.0 Å². The molecule has 0 aromatic heterocycles. The minimum atomic E-state index is -0.276. The number of ether oxygens (including phenoxy) is 3. The van der Waals surface area contributed by atoms with Crippen LogP contribution >= 0.6 is 12.4 Å². The first-order valence-electron chi connectivity index (χ1n) is 14.5. The van der Waals surface area contributed by atoms with E-state index in [2.05, 4.69) is 17.2 Å². The topological polar surface area (TPSA) is 141 Å². The van der Waals surface area contributed by atoms with Gasteiger partial charge in [0.25, 0.3) is 0 Å². The number of nitrogens with one attached hydrogen (secondary N) is 1. The van der Waals surface area contributed by atoms with Gasteiger partial charge in [0.15, 0.2) is 17.5 Å². The van der Waals surface area contributed by atoms with Crippen LogP contribution in [0.1, 0.15) is 60.4 Å². The number of methoxy groups -OCH3 is 1. The van der Waals surface area contributed by atoms with Crippen LogP contribution in [0.25, 0.3) is 6.08 Å². The molecule has 1 heterocycles. The quantitative estimate of drug-likeness (QED) is 0.0813. The number of hydrogen-bond donors (Lipinski definition) is 4. The van der Waals surface area contributed by atoms with Crippen molar-refractivity contribution in [3.05, 3.63) is 76.4 Å². The predicted octanol–water partition coefficient (Wildman–Crippen LogP) is 6.64. The van der Waals surface area contributed by atoms with Gasteiger partial charge in [-0.2, -0.15) is 0 Å². The molecule has 0 radical (unpaired) electrons. The summed E-state index contributed by atoms with van der Waals surface area (Å²) in [6.07, 6.45) is 7.67. The van der Waals surface area contributed by atoms with Gasteiger partial charge < -0.3 is 36.1 Å². The number of phenols is 1. The van der Waals surface area contributed by atoms with E-state index < -0.39 is 0 Å². The maximum Gasteiger partial charge on any atom is 0.248 e. The van der Waals surface area contributed by atoms with E-state index in [4.69, 9.17) is 25.7 Å².